The Hall–Kier alpha value is -2.44. The third-order valence-corrected chi connectivity index (χ3v) is 1.41. The van der Waals surface area contributed by atoms with Crippen molar-refractivity contribution in [1.82, 2.24) is 0 Å². The van der Waals surface area contributed by atoms with E-state index in [4.69, 9.17) is 0 Å². The highest BCUT2D eigenvalue weighted by molar-refractivity contribution is 5.69. The average Bonchev–Trinajstić information content (AvgIpc) is 3.04. The number of ether oxygens (including phenoxy) is 1. The fourth-order valence-electron chi connectivity index (χ4n) is 0.802. The van der Waals surface area contributed by atoms with Crippen LogP contribution in [0.1, 0.15) is 6.92 Å². The molecule has 0 N–H and O–H groups in total. The molecule has 0 bridgehead atoms. The van der Waals surface area contributed by atoms with Gasteiger partial charge in [-0.25, -0.2) is 0 Å². The normalized spacial score (nSPS) is 10.6. The van der Waals surface area contributed by atoms with Crippen molar-refractivity contribution in [2.75, 3.05) is 0 Å². The molecule has 0 saturated carbocycles. The molecule has 7 nitrogen and oxygen atoms in total. The molecule has 0 radical (unpaired) electrons. The Labute approximate surface area is 90.4 Å². The number of carbonyl (C=O) groups excluding carboxylic acids is 1. The lowest BCUT2D eigenvalue weighted by Gasteiger charge is -1.98. The summed E-state index contributed by atoms with van der Waals surface area (Å²) in [5.41, 5.74) is -0.0316. The van der Waals surface area contributed by atoms with Gasteiger partial charge in [-0.3, -0.25) is 14.9 Å². The zero-order chi connectivity index (χ0) is 12.0. The Morgan fingerprint density at radius 2 is 1.94 bits per heavy atom. The molecule has 0 spiro atoms. The molecule has 1 aromatic rings. The van der Waals surface area contributed by atoms with Gasteiger partial charge in [-0.05, 0) is 17.3 Å². The van der Waals surface area contributed by atoms with Gasteiger partial charge >= 0.3 is 5.97 Å². The third kappa shape index (κ3) is 4.70. The summed E-state index contributed by atoms with van der Waals surface area (Å²) in [6.45, 7) is 1.27. The maximum Gasteiger partial charge on any atom is 0.308 e. The Bertz CT molecular complexity index is 408. The van der Waals surface area contributed by atoms with Gasteiger partial charge in [0.15, 0.2) is 0 Å². The van der Waals surface area contributed by atoms with Crippen LogP contribution in [0, 0.1) is 10.1 Å². The highest BCUT2D eigenvalue weighted by Gasteiger charge is 2.04. The van der Waals surface area contributed by atoms with Gasteiger partial charge in [0.05, 0.1) is 4.92 Å². The molecule has 0 fully saturated rings. The number of carbonyl (C=O) groups is 1. The first kappa shape index (κ1) is 11.6. The van der Waals surface area contributed by atoms with E-state index in [2.05, 4.69) is 14.7 Å². The lowest BCUT2D eigenvalue weighted by molar-refractivity contribution is -0.384. The molecule has 7 heteroatoms. The highest BCUT2D eigenvalue weighted by atomic mass is 16.7. The topological polar surface area (TPSA) is 94.3 Å². The van der Waals surface area contributed by atoms with E-state index in [-0.39, 0.29) is 5.69 Å². The minimum Gasteiger partial charge on any atom is -0.427 e. The Morgan fingerprint density at radius 3 is 2.25 bits per heavy atom. The maximum atomic E-state index is 10.5. The highest BCUT2D eigenvalue weighted by Crippen LogP contribution is 2.17. The first-order chi connectivity index (χ1) is 7.59. The first-order valence-electron chi connectivity index (χ1n) is 4.20. The van der Waals surface area contributed by atoms with E-state index >= 15 is 0 Å². The molecule has 1 aromatic carbocycles. The number of benzene rings is 1. The lowest BCUT2D eigenvalue weighted by Crippen LogP contribution is -2.01. The standard InChI is InChI=1S/C8H7NO4.CHNO/c1-6(10)13-8-4-2-7(3-5-8)9(11)12;1-2-3-1/h2-5H,1H3;1H. The quantitative estimate of drug-likeness (QED) is 0.328. The van der Waals surface area contributed by atoms with E-state index in [1.165, 1.54) is 37.6 Å². The van der Waals surface area contributed by atoms with Gasteiger partial charge in [-0.15, -0.1) is 0 Å². The van der Waals surface area contributed by atoms with Crippen LogP contribution in [0.5, 0.6) is 5.75 Å². The van der Waals surface area contributed by atoms with Crippen molar-refractivity contribution in [3.63, 3.8) is 0 Å². The van der Waals surface area contributed by atoms with Crippen molar-refractivity contribution in [2.24, 2.45) is 5.16 Å². The van der Waals surface area contributed by atoms with Crippen LogP contribution in [0.3, 0.4) is 0 Å². The summed E-state index contributed by atoms with van der Waals surface area (Å²) in [6.07, 6.45) is 1.38. The second kappa shape index (κ2) is 5.44. The first-order valence-corrected chi connectivity index (χ1v) is 4.20. The molecule has 16 heavy (non-hydrogen) atoms. The van der Waals surface area contributed by atoms with Crippen LogP contribution in [0.25, 0.3) is 0 Å². The second-order valence-corrected chi connectivity index (χ2v) is 2.66. The van der Waals surface area contributed by atoms with Crippen molar-refractivity contribution < 1.29 is 19.3 Å². The van der Waals surface area contributed by atoms with Gasteiger partial charge in [-0.2, -0.15) is 0 Å². The molecule has 0 saturated heterocycles. The predicted molar refractivity (Wildman–Crippen MR) is 54.0 cm³/mol. The van der Waals surface area contributed by atoms with Crippen LogP contribution >= 0.6 is 0 Å². The molecule has 1 aliphatic rings. The third-order valence-electron chi connectivity index (χ3n) is 1.41. The summed E-state index contributed by atoms with van der Waals surface area (Å²) in [6, 6.07) is 5.30. The summed E-state index contributed by atoms with van der Waals surface area (Å²) in [7, 11) is 0. The van der Waals surface area contributed by atoms with Gasteiger partial charge in [-0.1, -0.05) is 0 Å². The average molecular weight is 224 g/mol. The van der Waals surface area contributed by atoms with Crippen molar-refractivity contribution in [3.8, 4) is 5.75 Å². The van der Waals surface area contributed by atoms with E-state index < -0.39 is 10.9 Å². The molecule has 84 valence electrons. The number of hydrogen-bond donors (Lipinski definition) is 0. The van der Waals surface area contributed by atoms with Gasteiger partial charge in [0.25, 0.3) is 5.69 Å². The zero-order valence-electron chi connectivity index (χ0n) is 8.32. The number of nitro groups is 1. The van der Waals surface area contributed by atoms with E-state index in [9.17, 15) is 14.9 Å². The van der Waals surface area contributed by atoms with Crippen LogP contribution in [-0.2, 0) is 9.63 Å². The number of oxime groups is 1. The molecular formula is C9H8N2O5. The molecule has 0 atom stereocenters. The number of rotatable bonds is 2. The van der Waals surface area contributed by atoms with Crippen molar-refractivity contribution >= 4 is 18.1 Å². The lowest BCUT2D eigenvalue weighted by atomic mass is 10.3. The summed E-state index contributed by atoms with van der Waals surface area (Å²) in [5.74, 6) is -0.146. The molecule has 0 amide bonds. The van der Waals surface area contributed by atoms with Crippen LogP contribution < -0.4 is 4.74 Å². The molecule has 1 heterocycles. The Balaban J connectivity index is 0.000000365. The Morgan fingerprint density at radius 1 is 1.44 bits per heavy atom. The molecule has 0 aliphatic carbocycles. The molecule has 0 aromatic heterocycles. The van der Waals surface area contributed by atoms with E-state index in [0.29, 0.717) is 5.75 Å². The summed E-state index contributed by atoms with van der Waals surface area (Å²) >= 11 is 0. The van der Waals surface area contributed by atoms with Gasteiger partial charge in [0.2, 0.25) is 6.40 Å². The zero-order valence-corrected chi connectivity index (χ0v) is 8.32. The number of esters is 1. The molecule has 1 aliphatic heterocycles. The van der Waals surface area contributed by atoms with Crippen molar-refractivity contribution in [3.05, 3.63) is 34.4 Å². The summed E-state index contributed by atoms with van der Waals surface area (Å²) in [5, 5.41) is 13.4. The van der Waals surface area contributed by atoms with Crippen LogP contribution in [0.4, 0.5) is 5.69 Å². The second-order valence-electron chi connectivity index (χ2n) is 2.66. The van der Waals surface area contributed by atoms with E-state index in [0.717, 1.165) is 0 Å². The number of nitro benzene ring substituents is 1. The monoisotopic (exact) mass is 224 g/mol. The molecule has 0 unspecified atom stereocenters. The SMILES string of the molecule is C1=NO1.CC(=O)Oc1ccc([N+](=O)[O-])cc1. The predicted octanol–water partition coefficient (Wildman–Crippen LogP) is 1.48. The summed E-state index contributed by atoms with van der Waals surface area (Å²) < 4.78 is 4.69. The maximum absolute atomic E-state index is 10.5. The largest absolute Gasteiger partial charge is 0.427 e. The number of nitrogens with zero attached hydrogens (tertiary/aromatic N) is 2. The van der Waals surface area contributed by atoms with Crippen LogP contribution in [-0.4, -0.2) is 17.3 Å². The number of non-ortho nitro benzene ring substituents is 1. The fourth-order valence-corrected chi connectivity index (χ4v) is 0.802. The summed E-state index contributed by atoms with van der Waals surface area (Å²) in [4.78, 5) is 24.2. The number of hydrogen-bond acceptors (Lipinski definition) is 6. The van der Waals surface area contributed by atoms with Crippen LogP contribution in [0.15, 0.2) is 29.4 Å². The van der Waals surface area contributed by atoms with E-state index in [1.54, 1.807) is 0 Å². The smallest absolute Gasteiger partial charge is 0.308 e. The minimum atomic E-state index is -0.516. The van der Waals surface area contributed by atoms with Crippen molar-refractivity contribution in [2.45, 2.75) is 6.92 Å². The van der Waals surface area contributed by atoms with Gasteiger partial charge in [0.1, 0.15) is 5.75 Å². The van der Waals surface area contributed by atoms with Gasteiger partial charge < -0.3 is 9.57 Å². The van der Waals surface area contributed by atoms with E-state index in [1.807, 2.05) is 0 Å². The molecule has 2 rings (SSSR count). The molecular weight excluding hydrogens is 216 g/mol. The van der Waals surface area contributed by atoms with Gasteiger partial charge in [0, 0.05) is 19.1 Å². The van der Waals surface area contributed by atoms with Crippen molar-refractivity contribution in [1.29, 1.82) is 0 Å². The Kier molecular flexibility index (Phi) is 3.96. The fraction of sp³-hybridized carbons (Fsp3) is 0.111. The van der Waals surface area contributed by atoms with Crippen LogP contribution in [0.2, 0.25) is 0 Å². The minimum absolute atomic E-state index is 0.0316.